The molecule has 0 saturated carbocycles. The number of aryl methyl sites for hydroxylation is 2. The van der Waals surface area contributed by atoms with Crippen molar-refractivity contribution in [1.82, 2.24) is 10.2 Å². The molecule has 2 aromatic carbocycles. The molecular formula is C24H31ClN2O2. The van der Waals surface area contributed by atoms with Gasteiger partial charge in [-0.3, -0.25) is 9.59 Å². The summed E-state index contributed by atoms with van der Waals surface area (Å²) < 4.78 is 0. The fourth-order valence-electron chi connectivity index (χ4n) is 3.29. The van der Waals surface area contributed by atoms with Crippen LogP contribution in [0.1, 0.15) is 43.0 Å². The van der Waals surface area contributed by atoms with Gasteiger partial charge in [0.2, 0.25) is 11.8 Å². The molecule has 1 atom stereocenters. The summed E-state index contributed by atoms with van der Waals surface area (Å²) in [6.07, 6.45) is 0.245. The number of carbonyl (C=O) groups excluding carboxylic acids is 2. The lowest BCUT2D eigenvalue weighted by atomic mass is 10.0. The fraction of sp³-hybridized carbons (Fsp3) is 0.417. The highest BCUT2D eigenvalue weighted by molar-refractivity contribution is 6.31. The summed E-state index contributed by atoms with van der Waals surface area (Å²) >= 11 is 6.32. The maximum absolute atomic E-state index is 13.2. The maximum Gasteiger partial charge on any atom is 0.242 e. The number of carbonyl (C=O) groups is 2. The maximum atomic E-state index is 13.2. The third-order valence-electron chi connectivity index (χ3n) is 4.79. The minimum absolute atomic E-state index is 0.0953. The third-order valence-corrected chi connectivity index (χ3v) is 5.16. The summed E-state index contributed by atoms with van der Waals surface area (Å²) in [6.45, 7) is 10.8. The van der Waals surface area contributed by atoms with Crippen LogP contribution in [0.25, 0.3) is 0 Å². The van der Waals surface area contributed by atoms with Crippen molar-refractivity contribution in [3.8, 4) is 0 Å². The summed E-state index contributed by atoms with van der Waals surface area (Å²) in [5.74, 6) is 0.0933. The van der Waals surface area contributed by atoms with Gasteiger partial charge < -0.3 is 10.2 Å². The molecule has 1 N–H and O–H groups in total. The second kappa shape index (κ2) is 10.4. The van der Waals surface area contributed by atoms with Crippen LogP contribution in [-0.4, -0.2) is 29.3 Å². The molecule has 0 aromatic heterocycles. The highest BCUT2D eigenvalue weighted by Crippen LogP contribution is 2.20. The summed E-state index contributed by atoms with van der Waals surface area (Å²) in [4.78, 5) is 27.5. The molecule has 0 aliphatic rings. The predicted octanol–water partition coefficient (Wildman–Crippen LogP) is 4.69. The van der Waals surface area contributed by atoms with Crippen molar-refractivity contribution in [3.05, 3.63) is 69.7 Å². The highest BCUT2D eigenvalue weighted by Gasteiger charge is 2.26. The van der Waals surface area contributed by atoms with Crippen LogP contribution in [-0.2, 0) is 22.6 Å². The monoisotopic (exact) mass is 414 g/mol. The summed E-state index contributed by atoms with van der Waals surface area (Å²) in [7, 11) is 0. The molecule has 4 nitrogen and oxygen atoms in total. The molecule has 2 aromatic rings. The molecule has 0 spiro atoms. The van der Waals surface area contributed by atoms with E-state index >= 15 is 0 Å². The van der Waals surface area contributed by atoms with Gasteiger partial charge in [0.1, 0.15) is 6.04 Å². The first kappa shape index (κ1) is 23.0. The lowest BCUT2D eigenvalue weighted by Crippen LogP contribution is -2.48. The average molecular weight is 415 g/mol. The number of halogens is 1. The van der Waals surface area contributed by atoms with Gasteiger partial charge in [-0.1, -0.05) is 73.0 Å². The van der Waals surface area contributed by atoms with Gasteiger partial charge in [0.05, 0.1) is 6.42 Å². The minimum atomic E-state index is -0.594. The van der Waals surface area contributed by atoms with E-state index < -0.39 is 6.04 Å². The second-order valence-electron chi connectivity index (χ2n) is 8.10. The number of rotatable bonds is 8. The van der Waals surface area contributed by atoms with E-state index in [9.17, 15) is 9.59 Å². The molecule has 2 rings (SSSR count). The minimum Gasteiger partial charge on any atom is -0.354 e. The van der Waals surface area contributed by atoms with Crippen LogP contribution < -0.4 is 5.32 Å². The van der Waals surface area contributed by atoms with Crippen molar-refractivity contribution in [2.75, 3.05) is 6.54 Å². The Morgan fingerprint density at radius 1 is 1.03 bits per heavy atom. The van der Waals surface area contributed by atoms with Gasteiger partial charge in [0, 0.05) is 18.1 Å². The second-order valence-corrected chi connectivity index (χ2v) is 8.51. The van der Waals surface area contributed by atoms with Crippen LogP contribution in [0.3, 0.4) is 0 Å². The Morgan fingerprint density at radius 3 is 2.24 bits per heavy atom. The Morgan fingerprint density at radius 2 is 1.66 bits per heavy atom. The van der Waals surface area contributed by atoms with Gasteiger partial charge in [-0.25, -0.2) is 0 Å². The van der Waals surface area contributed by atoms with E-state index in [0.29, 0.717) is 24.0 Å². The first-order chi connectivity index (χ1) is 13.7. The zero-order chi connectivity index (χ0) is 21.6. The molecule has 0 aliphatic heterocycles. The number of nitrogens with one attached hydrogen (secondary N) is 1. The van der Waals surface area contributed by atoms with Crippen LogP contribution in [0, 0.1) is 19.8 Å². The molecule has 156 valence electrons. The molecular weight excluding hydrogens is 384 g/mol. The molecule has 2 amide bonds. The third kappa shape index (κ3) is 6.90. The summed E-state index contributed by atoms with van der Waals surface area (Å²) in [5.41, 5.74) is 4.01. The van der Waals surface area contributed by atoms with E-state index in [4.69, 9.17) is 11.6 Å². The van der Waals surface area contributed by atoms with E-state index in [1.54, 1.807) is 17.9 Å². The van der Waals surface area contributed by atoms with Crippen molar-refractivity contribution < 1.29 is 9.59 Å². The van der Waals surface area contributed by atoms with Gasteiger partial charge >= 0.3 is 0 Å². The standard InChI is InChI=1S/C24H31ClN2O2/c1-16(2)14-26-24(29)19(5)27(15-21-8-6-7-9-22(21)25)23(28)13-20-11-17(3)10-18(4)12-20/h6-12,16,19H,13-15H2,1-5H3,(H,26,29)/t19-/m0/s1. The van der Waals surface area contributed by atoms with Crippen molar-refractivity contribution in [2.45, 2.75) is 53.6 Å². The Hall–Kier alpha value is -2.33. The van der Waals surface area contributed by atoms with Gasteiger partial charge in [-0.15, -0.1) is 0 Å². The molecule has 0 fully saturated rings. The number of amides is 2. The SMILES string of the molecule is Cc1cc(C)cc(CC(=O)N(Cc2ccccc2Cl)[C@@H](C)C(=O)NCC(C)C)c1. The Kier molecular flexibility index (Phi) is 8.27. The normalized spacial score (nSPS) is 12.0. The Balaban J connectivity index is 2.26. The molecule has 0 bridgehead atoms. The largest absolute Gasteiger partial charge is 0.354 e. The zero-order valence-corrected chi connectivity index (χ0v) is 18.7. The van der Waals surface area contributed by atoms with Crippen molar-refractivity contribution in [1.29, 1.82) is 0 Å². The van der Waals surface area contributed by atoms with E-state index in [1.165, 1.54) is 0 Å². The highest BCUT2D eigenvalue weighted by atomic mass is 35.5. The number of benzene rings is 2. The topological polar surface area (TPSA) is 49.4 Å². The van der Waals surface area contributed by atoms with E-state index in [-0.39, 0.29) is 18.2 Å². The lowest BCUT2D eigenvalue weighted by Gasteiger charge is -2.29. The van der Waals surface area contributed by atoms with Crippen LogP contribution in [0.2, 0.25) is 5.02 Å². The molecule has 0 saturated heterocycles. The van der Waals surface area contributed by atoms with E-state index in [2.05, 4.69) is 11.4 Å². The van der Waals surface area contributed by atoms with Crippen molar-refractivity contribution in [3.63, 3.8) is 0 Å². The van der Waals surface area contributed by atoms with Crippen LogP contribution >= 0.6 is 11.6 Å². The Bertz CT molecular complexity index is 843. The molecule has 0 unspecified atom stereocenters. The van der Waals surface area contributed by atoms with Gasteiger partial charge in [0.25, 0.3) is 0 Å². The number of hydrogen-bond acceptors (Lipinski definition) is 2. The number of nitrogens with zero attached hydrogens (tertiary/aromatic N) is 1. The number of hydrogen-bond donors (Lipinski definition) is 1. The van der Waals surface area contributed by atoms with Crippen LogP contribution in [0.5, 0.6) is 0 Å². The van der Waals surface area contributed by atoms with Crippen molar-refractivity contribution >= 4 is 23.4 Å². The van der Waals surface area contributed by atoms with Crippen molar-refractivity contribution in [2.24, 2.45) is 5.92 Å². The van der Waals surface area contributed by atoms with Gasteiger partial charge in [-0.2, -0.15) is 0 Å². The molecule has 0 radical (unpaired) electrons. The zero-order valence-electron chi connectivity index (χ0n) is 18.0. The van der Waals surface area contributed by atoms with Gasteiger partial charge in [0.15, 0.2) is 0 Å². The average Bonchev–Trinajstić information content (AvgIpc) is 2.63. The summed E-state index contributed by atoms with van der Waals surface area (Å²) in [6, 6.07) is 12.9. The van der Waals surface area contributed by atoms with Gasteiger partial charge in [-0.05, 0) is 43.9 Å². The first-order valence-corrected chi connectivity index (χ1v) is 10.4. The molecule has 0 aliphatic carbocycles. The van der Waals surface area contributed by atoms with E-state index in [1.807, 2.05) is 58.0 Å². The fourth-order valence-corrected chi connectivity index (χ4v) is 3.49. The Labute approximate surface area is 179 Å². The molecule has 29 heavy (non-hydrogen) atoms. The lowest BCUT2D eigenvalue weighted by molar-refractivity contribution is -0.140. The quantitative estimate of drug-likeness (QED) is 0.681. The first-order valence-electron chi connectivity index (χ1n) is 10.0. The predicted molar refractivity (Wildman–Crippen MR) is 119 cm³/mol. The molecule has 0 heterocycles. The van der Waals surface area contributed by atoms with Crippen LogP contribution in [0.4, 0.5) is 0 Å². The van der Waals surface area contributed by atoms with E-state index in [0.717, 1.165) is 22.3 Å². The van der Waals surface area contributed by atoms with Crippen LogP contribution in [0.15, 0.2) is 42.5 Å². The smallest absolute Gasteiger partial charge is 0.242 e. The summed E-state index contributed by atoms with van der Waals surface area (Å²) in [5, 5.41) is 3.52. The molecule has 5 heteroatoms.